The molecule has 2 aromatic rings. The molecule has 0 saturated carbocycles. The SMILES string of the molecule is Cc1ccc(NC(=O)COC(=O)C(C)Sc2ccccc2)cc1. The molecule has 2 aromatic carbocycles. The number of hydrogen-bond donors (Lipinski definition) is 1. The van der Waals surface area contributed by atoms with Crippen molar-refractivity contribution in [1.82, 2.24) is 0 Å². The Labute approximate surface area is 140 Å². The second-order valence-corrected chi connectivity index (χ2v) is 6.51. The van der Waals surface area contributed by atoms with Gasteiger partial charge in [0.25, 0.3) is 5.91 Å². The molecule has 0 bridgehead atoms. The quantitative estimate of drug-likeness (QED) is 0.649. The van der Waals surface area contributed by atoms with Crippen LogP contribution in [0.25, 0.3) is 0 Å². The number of carbonyl (C=O) groups is 2. The van der Waals surface area contributed by atoms with Crippen LogP contribution in [-0.4, -0.2) is 23.7 Å². The lowest BCUT2D eigenvalue weighted by Gasteiger charge is -2.11. The van der Waals surface area contributed by atoms with Crippen LogP contribution in [0.2, 0.25) is 0 Å². The topological polar surface area (TPSA) is 55.4 Å². The number of anilines is 1. The van der Waals surface area contributed by atoms with E-state index in [1.165, 1.54) is 11.8 Å². The van der Waals surface area contributed by atoms with Crippen LogP contribution >= 0.6 is 11.8 Å². The van der Waals surface area contributed by atoms with Crippen molar-refractivity contribution in [2.45, 2.75) is 24.0 Å². The molecule has 120 valence electrons. The predicted octanol–water partition coefficient (Wildman–Crippen LogP) is 3.66. The number of ether oxygens (including phenoxy) is 1. The van der Waals surface area contributed by atoms with Crippen LogP contribution in [0.5, 0.6) is 0 Å². The molecule has 0 saturated heterocycles. The van der Waals surface area contributed by atoms with E-state index < -0.39 is 5.97 Å². The molecule has 0 aliphatic rings. The van der Waals surface area contributed by atoms with Gasteiger partial charge in [-0.25, -0.2) is 0 Å². The number of thioether (sulfide) groups is 1. The Hall–Kier alpha value is -2.27. The van der Waals surface area contributed by atoms with Crippen LogP contribution in [-0.2, 0) is 14.3 Å². The number of hydrogen-bond acceptors (Lipinski definition) is 4. The number of benzene rings is 2. The molecule has 1 amide bonds. The maximum atomic E-state index is 11.9. The van der Waals surface area contributed by atoms with Gasteiger partial charge in [0.15, 0.2) is 6.61 Å². The number of carbonyl (C=O) groups excluding carboxylic acids is 2. The Morgan fingerprint density at radius 1 is 1.09 bits per heavy atom. The van der Waals surface area contributed by atoms with Crippen molar-refractivity contribution in [2.24, 2.45) is 0 Å². The summed E-state index contributed by atoms with van der Waals surface area (Å²) >= 11 is 1.40. The van der Waals surface area contributed by atoms with Gasteiger partial charge in [0, 0.05) is 10.6 Å². The molecule has 1 N–H and O–H groups in total. The van der Waals surface area contributed by atoms with E-state index in [0.29, 0.717) is 5.69 Å². The summed E-state index contributed by atoms with van der Waals surface area (Å²) in [6.07, 6.45) is 0. The summed E-state index contributed by atoms with van der Waals surface area (Å²) in [4.78, 5) is 24.7. The standard InChI is InChI=1S/C18H19NO3S/c1-13-8-10-15(11-9-13)19-17(20)12-22-18(21)14(2)23-16-6-4-3-5-7-16/h3-11,14H,12H2,1-2H3,(H,19,20). The highest BCUT2D eigenvalue weighted by molar-refractivity contribution is 8.00. The average molecular weight is 329 g/mol. The minimum absolute atomic E-state index is 0.285. The molecular weight excluding hydrogens is 310 g/mol. The zero-order valence-corrected chi connectivity index (χ0v) is 13.9. The van der Waals surface area contributed by atoms with Crippen molar-refractivity contribution in [1.29, 1.82) is 0 Å². The number of amides is 1. The highest BCUT2D eigenvalue weighted by atomic mass is 32.2. The molecular formula is C18H19NO3S. The first-order valence-corrected chi connectivity index (χ1v) is 8.17. The summed E-state index contributed by atoms with van der Waals surface area (Å²) in [5.41, 5.74) is 1.80. The average Bonchev–Trinajstić information content (AvgIpc) is 2.55. The van der Waals surface area contributed by atoms with E-state index >= 15 is 0 Å². The Morgan fingerprint density at radius 2 is 1.74 bits per heavy atom. The van der Waals surface area contributed by atoms with Gasteiger partial charge in [-0.3, -0.25) is 9.59 Å². The fourth-order valence-corrected chi connectivity index (χ4v) is 2.73. The summed E-state index contributed by atoms with van der Waals surface area (Å²) < 4.78 is 5.06. The molecule has 1 unspecified atom stereocenters. The zero-order valence-electron chi connectivity index (χ0n) is 13.1. The number of nitrogens with one attached hydrogen (secondary N) is 1. The molecule has 0 fully saturated rings. The molecule has 4 nitrogen and oxygen atoms in total. The summed E-state index contributed by atoms with van der Waals surface area (Å²) in [6, 6.07) is 17.0. The highest BCUT2D eigenvalue weighted by Gasteiger charge is 2.17. The third-order valence-corrected chi connectivity index (χ3v) is 4.16. The van der Waals surface area contributed by atoms with Gasteiger partial charge >= 0.3 is 5.97 Å². The Bertz CT molecular complexity index is 656. The summed E-state index contributed by atoms with van der Waals surface area (Å²) in [5.74, 6) is -0.753. The van der Waals surface area contributed by atoms with Gasteiger partial charge in [-0.2, -0.15) is 0 Å². The molecule has 0 heterocycles. The second kappa shape index (κ2) is 8.39. The molecule has 1 atom stereocenters. The fraction of sp³-hybridized carbons (Fsp3) is 0.222. The largest absolute Gasteiger partial charge is 0.455 e. The van der Waals surface area contributed by atoms with E-state index in [4.69, 9.17) is 4.74 Å². The molecule has 23 heavy (non-hydrogen) atoms. The Morgan fingerprint density at radius 3 is 2.39 bits per heavy atom. The summed E-state index contributed by atoms with van der Waals surface area (Å²) in [5, 5.41) is 2.32. The lowest BCUT2D eigenvalue weighted by molar-refractivity contribution is -0.146. The first-order chi connectivity index (χ1) is 11.0. The minimum atomic E-state index is -0.405. The van der Waals surface area contributed by atoms with Crippen molar-refractivity contribution in [3.05, 3.63) is 60.2 Å². The van der Waals surface area contributed by atoms with Gasteiger partial charge in [0.05, 0.1) is 0 Å². The Balaban J connectivity index is 1.76. The van der Waals surface area contributed by atoms with Gasteiger partial charge in [0.1, 0.15) is 5.25 Å². The van der Waals surface area contributed by atoms with Crippen molar-refractivity contribution >= 4 is 29.3 Å². The number of rotatable bonds is 6. The van der Waals surface area contributed by atoms with Crippen molar-refractivity contribution in [2.75, 3.05) is 11.9 Å². The van der Waals surface area contributed by atoms with Crippen LogP contribution in [0.4, 0.5) is 5.69 Å². The van der Waals surface area contributed by atoms with E-state index in [9.17, 15) is 9.59 Å². The molecule has 0 radical (unpaired) electrons. The normalized spacial score (nSPS) is 11.6. The van der Waals surface area contributed by atoms with Crippen LogP contribution in [0.1, 0.15) is 12.5 Å². The summed E-state index contributed by atoms with van der Waals surface area (Å²) in [7, 11) is 0. The molecule has 5 heteroatoms. The highest BCUT2D eigenvalue weighted by Crippen LogP contribution is 2.23. The van der Waals surface area contributed by atoms with E-state index in [-0.39, 0.29) is 17.8 Å². The van der Waals surface area contributed by atoms with Crippen molar-refractivity contribution < 1.29 is 14.3 Å². The lowest BCUT2D eigenvalue weighted by Crippen LogP contribution is -2.24. The number of aryl methyl sites for hydroxylation is 1. The fourth-order valence-electron chi connectivity index (χ4n) is 1.84. The zero-order chi connectivity index (χ0) is 16.7. The molecule has 0 spiro atoms. The molecule has 0 aliphatic heterocycles. The monoisotopic (exact) mass is 329 g/mol. The van der Waals surface area contributed by atoms with Crippen molar-refractivity contribution in [3.63, 3.8) is 0 Å². The molecule has 0 aliphatic carbocycles. The van der Waals surface area contributed by atoms with E-state index in [1.54, 1.807) is 6.92 Å². The van der Waals surface area contributed by atoms with E-state index in [0.717, 1.165) is 10.5 Å². The summed E-state index contributed by atoms with van der Waals surface area (Å²) in [6.45, 7) is 3.45. The Kier molecular flexibility index (Phi) is 6.23. The van der Waals surface area contributed by atoms with Gasteiger partial charge in [-0.1, -0.05) is 35.9 Å². The van der Waals surface area contributed by atoms with Crippen molar-refractivity contribution in [3.8, 4) is 0 Å². The van der Waals surface area contributed by atoms with E-state index in [1.807, 2.05) is 61.5 Å². The van der Waals surface area contributed by atoms with Gasteiger partial charge in [-0.05, 0) is 38.1 Å². The maximum absolute atomic E-state index is 11.9. The smallest absolute Gasteiger partial charge is 0.319 e. The van der Waals surface area contributed by atoms with Crippen LogP contribution in [0.15, 0.2) is 59.5 Å². The maximum Gasteiger partial charge on any atom is 0.319 e. The molecule has 2 rings (SSSR count). The predicted molar refractivity (Wildman–Crippen MR) is 92.5 cm³/mol. The third-order valence-electron chi connectivity index (χ3n) is 3.07. The second-order valence-electron chi connectivity index (χ2n) is 5.10. The molecule has 0 aromatic heterocycles. The van der Waals surface area contributed by atoms with Crippen LogP contribution in [0.3, 0.4) is 0 Å². The third kappa shape index (κ3) is 5.79. The first kappa shape index (κ1) is 17.1. The number of esters is 1. The van der Waals surface area contributed by atoms with E-state index in [2.05, 4.69) is 5.32 Å². The first-order valence-electron chi connectivity index (χ1n) is 7.29. The lowest BCUT2D eigenvalue weighted by atomic mass is 10.2. The van der Waals surface area contributed by atoms with Gasteiger partial charge < -0.3 is 10.1 Å². The minimum Gasteiger partial charge on any atom is -0.455 e. The van der Waals surface area contributed by atoms with Gasteiger partial charge in [-0.15, -0.1) is 11.8 Å². The van der Waals surface area contributed by atoms with Crippen LogP contribution in [0, 0.1) is 6.92 Å². The van der Waals surface area contributed by atoms with Gasteiger partial charge in [0.2, 0.25) is 0 Å². The van der Waals surface area contributed by atoms with Crippen LogP contribution < -0.4 is 5.32 Å².